The lowest BCUT2D eigenvalue weighted by atomic mass is 9.86. The molecule has 8 heteroatoms. The van der Waals surface area contributed by atoms with Gasteiger partial charge in [0, 0.05) is 24.4 Å². The smallest absolute Gasteiger partial charge is 0.306 e. The molecule has 3 N–H and O–H groups in total. The molecule has 26 heavy (non-hydrogen) atoms. The third-order valence-electron chi connectivity index (χ3n) is 4.85. The van der Waals surface area contributed by atoms with E-state index in [9.17, 15) is 19.2 Å². The van der Waals surface area contributed by atoms with Crippen molar-refractivity contribution in [3.63, 3.8) is 0 Å². The second-order valence-corrected chi connectivity index (χ2v) is 6.67. The molecule has 1 saturated heterocycles. The predicted octanol–water partition coefficient (Wildman–Crippen LogP) is 1.22. The van der Waals surface area contributed by atoms with Crippen molar-refractivity contribution in [2.75, 3.05) is 5.01 Å². The first-order valence-electron chi connectivity index (χ1n) is 8.70. The number of nitrogens with zero attached hydrogens (tertiary/aromatic N) is 1. The number of carboxylic acid groups (broad SMARTS) is 1. The van der Waals surface area contributed by atoms with E-state index in [4.69, 9.17) is 5.11 Å². The van der Waals surface area contributed by atoms with Gasteiger partial charge in [-0.1, -0.05) is 0 Å². The highest BCUT2D eigenvalue weighted by atomic mass is 16.4. The van der Waals surface area contributed by atoms with Crippen LogP contribution >= 0.6 is 0 Å². The molecule has 1 saturated carbocycles. The molecule has 1 aliphatic carbocycles. The van der Waals surface area contributed by atoms with Crippen molar-refractivity contribution < 1.29 is 24.3 Å². The summed E-state index contributed by atoms with van der Waals surface area (Å²) in [5, 5.41) is 13.1. The minimum absolute atomic E-state index is 0.0271. The van der Waals surface area contributed by atoms with Gasteiger partial charge < -0.3 is 10.4 Å². The van der Waals surface area contributed by atoms with E-state index in [2.05, 4.69) is 10.7 Å². The highest BCUT2D eigenvalue weighted by molar-refractivity contribution is 6.01. The maximum absolute atomic E-state index is 12.4. The second-order valence-electron chi connectivity index (χ2n) is 6.67. The largest absolute Gasteiger partial charge is 0.481 e. The van der Waals surface area contributed by atoms with Gasteiger partial charge in [-0.05, 0) is 49.9 Å². The molecule has 0 unspecified atom stereocenters. The number of amides is 3. The monoisotopic (exact) mass is 359 g/mol. The third-order valence-corrected chi connectivity index (χ3v) is 4.85. The van der Waals surface area contributed by atoms with Crippen LogP contribution in [0.1, 0.15) is 48.9 Å². The molecule has 0 bridgehead atoms. The van der Waals surface area contributed by atoms with Gasteiger partial charge in [0.05, 0.1) is 11.6 Å². The molecule has 1 aliphatic heterocycles. The van der Waals surface area contributed by atoms with E-state index < -0.39 is 5.97 Å². The summed E-state index contributed by atoms with van der Waals surface area (Å²) in [6.45, 7) is 0. The van der Waals surface area contributed by atoms with Gasteiger partial charge in [-0.2, -0.15) is 0 Å². The van der Waals surface area contributed by atoms with Crippen LogP contribution < -0.4 is 15.8 Å². The average Bonchev–Trinajstić information content (AvgIpc) is 2.64. The molecular weight excluding hydrogens is 338 g/mol. The zero-order valence-electron chi connectivity index (χ0n) is 14.2. The molecule has 138 valence electrons. The van der Waals surface area contributed by atoms with Crippen molar-refractivity contribution in [1.82, 2.24) is 10.7 Å². The van der Waals surface area contributed by atoms with E-state index in [0.717, 1.165) is 0 Å². The maximum Gasteiger partial charge on any atom is 0.306 e. The SMILES string of the molecule is O=C1CCC(=O)N(c2ccc(C(=O)NC3CCC(C(=O)O)CC3)cc2)N1. The Balaban J connectivity index is 1.58. The number of anilines is 1. The zero-order valence-corrected chi connectivity index (χ0v) is 14.2. The average molecular weight is 359 g/mol. The van der Waals surface area contributed by atoms with E-state index in [1.165, 1.54) is 5.01 Å². The molecule has 1 aromatic carbocycles. The van der Waals surface area contributed by atoms with Crippen LogP contribution in [-0.4, -0.2) is 34.8 Å². The lowest BCUT2D eigenvalue weighted by molar-refractivity contribution is -0.142. The third kappa shape index (κ3) is 4.01. The molecule has 2 aliphatic rings. The molecule has 1 aromatic rings. The molecular formula is C18H21N3O5. The first-order valence-corrected chi connectivity index (χ1v) is 8.70. The van der Waals surface area contributed by atoms with Gasteiger partial charge >= 0.3 is 5.97 Å². The number of carbonyl (C=O) groups excluding carboxylic acids is 3. The fourth-order valence-electron chi connectivity index (χ4n) is 3.30. The molecule has 8 nitrogen and oxygen atoms in total. The summed E-state index contributed by atoms with van der Waals surface area (Å²) in [4.78, 5) is 46.7. The van der Waals surface area contributed by atoms with Gasteiger partial charge in [0.1, 0.15) is 0 Å². The Hall–Kier alpha value is -2.90. The lowest BCUT2D eigenvalue weighted by Crippen LogP contribution is -2.50. The molecule has 1 heterocycles. The summed E-state index contributed by atoms with van der Waals surface area (Å²) >= 11 is 0. The van der Waals surface area contributed by atoms with Crippen molar-refractivity contribution in [2.45, 2.75) is 44.6 Å². The van der Waals surface area contributed by atoms with Gasteiger partial charge in [-0.3, -0.25) is 24.6 Å². The molecule has 0 radical (unpaired) electrons. The minimum atomic E-state index is -0.773. The van der Waals surface area contributed by atoms with Crippen molar-refractivity contribution in [1.29, 1.82) is 0 Å². The molecule has 0 aromatic heterocycles. The minimum Gasteiger partial charge on any atom is -0.481 e. The highest BCUT2D eigenvalue weighted by Crippen LogP contribution is 2.25. The molecule has 2 fully saturated rings. The first kappa shape index (κ1) is 17.9. The van der Waals surface area contributed by atoms with Crippen molar-refractivity contribution in [2.24, 2.45) is 5.92 Å². The van der Waals surface area contributed by atoms with Crippen molar-refractivity contribution in [3.8, 4) is 0 Å². The molecule has 3 amide bonds. The van der Waals surface area contributed by atoms with Crippen LogP contribution in [0.3, 0.4) is 0 Å². The number of aliphatic carboxylic acids is 1. The van der Waals surface area contributed by atoms with Gasteiger partial charge in [0.25, 0.3) is 5.91 Å². The number of benzene rings is 1. The van der Waals surface area contributed by atoms with Crippen molar-refractivity contribution >= 4 is 29.4 Å². The van der Waals surface area contributed by atoms with Crippen LogP contribution in [0.25, 0.3) is 0 Å². The fourth-order valence-corrected chi connectivity index (χ4v) is 3.30. The Morgan fingerprint density at radius 1 is 1.04 bits per heavy atom. The number of hydrazine groups is 1. The normalized spacial score (nSPS) is 23.3. The standard InChI is InChI=1S/C18H21N3O5/c22-15-9-10-16(23)21(20-15)14-7-3-11(4-8-14)17(24)19-13-5-1-12(2-6-13)18(25)26/h3-4,7-8,12-13H,1-2,5-6,9-10H2,(H,19,24)(H,20,22)(H,25,26). The number of nitrogens with one attached hydrogen (secondary N) is 2. The van der Waals surface area contributed by atoms with E-state index in [1.807, 2.05) is 0 Å². The van der Waals surface area contributed by atoms with Crippen LogP contribution in [0.15, 0.2) is 24.3 Å². The summed E-state index contributed by atoms with van der Waals surface area (Å²) in [7, 11) is 0. The quantitative estimate of drug-likeness (QED) is 0.747. The van der Waals surface area contributed by atoms with Crippen LogP contribution in [-0.2, 0) is 14.4 Å². The topological polar surface area (TPSA) is 116 Å². The van der Waals surface area contributed by atoms with Crippen LogP contribution in [0.2, 0.25) is 0 Å². The Kier molecular flexibility index (Phi) is 5.20. The highest BCUT2D eigenvalue weighted by Gasteiger charge is 2.27. The van der Waals surface area contributed by atoms with E-state index in [0.29, 0.717) is 36.9 Å². The molecule has 3 rings (SSSR count). The summed E-state index contributed by atoms with van der Waals surface area (Å²) in [5.74, 6) is -1.74. The fraction of sp³-hybridized carbons (Fsp3) is 0.444. The van der Waals surface area contributed by atoms with Gasteiger partial charge in [-0.15, -0.1) is 0 Å². The molecule has 0 atom stereocenters. The van der Waals surface area contributed by atoms with Crippen LogP contribution in [0, 0.1) is 5.92 Å². The Morgan fingerprint density at radius 2 is 1.69 bits per heavy atom. The number of carboxylic acids is 1. The van der Waals surface area contributed by atoms with Gasteiger partial charge in [0.2, 0.25) is 11.8 Å². The number of rotatable bonds is 4. The second kappa shape index (κ2) is 7.55. The lowest BCUT2D eigenvalue weighted by Gasteiger charge is -2.28. The van der Waals surface area contributed by atoms with Gasteiger partial charge in [0.15, 0.2) is 0 Å². The van der Waals surface area contributed by atoms with Crippen LogP contribution in [0.5, 0.6) is 0 Å². The summed E-state index contributed by atoms with van der Waals surface area (Å²) in [6, 6.07) is 6.39. The predicted molar refractivity (Wildman–Crippen MR) is 92.2 cm³/mol. The number of hydrogen-bond acceptors (Lipinski definition) is 4. The summed E-state index contributed by atoms with van der Waals surface area (Å²) in [5.41, 5.74) is 3.46. The first-order chi connectivity index (χ1) is 12.4. The Labute approximate surface area is 150 Å². The Bertz CT molecular complexity index is 723. The zero-order chi connectivity index (χ0) is 18.7. The van der Waals surface area contributed by atoms with Crippen LogP contribution in [0.4, 0.5) is 5.69 Å². The van der Waals surface area contributed by atoms with Crippen molar-refractivity contribution in [3.05, 3.63) is 29.8 Å². The number of hydrogen-bond donors (Lipinski definition) is 3. The molecule has 0 spiro atoms. The summed E-state index contributed by atoms with van der Waals surface area (Å²) in [6.07, 6.45) is 2.77. The number of carbonyl (C=O) groups is 4. The van der Waals surface area contributed by atoms with E-state index >= 15 is 0 Å². The maximum atomic E-state index is 12.4. The Morgan fingerprint density at radius 3 is 2.31 bits per heavy atom. The van der Waals surface area contributed by atoms with E-state index in [1.54, 1.807) is 24.3 Å². The van der Waals surface area contributed by atoms with E-state index in [-0.39, 0.29) is 42.5 Å². The summed E-state index contributed by atoms with van der Waals surface area (Å²) < 4.78 is 0. The van der Waals surface area contributed by atoms with Gasteiger partial charge in [-0.25, -0.2) is 5.01 Å².